The van der Waals surface area contributed by atoms with Gasteiger partial charge in [-0.05, 0) is 23.6 Å². The first kappa shape index (κ1) is 12.9. The minimum atomic E-state index is -0.342. The number of carbonyl (C=O) groups excluding carboxylic acids is 1. The van der Waals surface area contributed by atoms with Crippen molar-refractivity contribution in [1.82, 2.24) is 5.16 Å². The zero-order valence-electron chi connectivity index (χ0n) is 11.2. The molecule has 0 aliphatic carbocycles. The number of rotatable bonds is 3. The van der Waals surface area contributed by atoms with E-state index in [4.69, 9.17) is 14.0 Å². The summed E-state index contributed by atoms with van der Waals surface area (Å²) in [5, 5.41) is 8.49. The Kier molecular flexibility index (Phi) is 3.05. The molecule has 0 fully saturated rings. The molecule has 0 atom stereocenters. The average Bonchev–Trinajstić information content (AvgIpc) is 3.26. The first-order valence-electron chi connectivity index (χ1n) is 6.51. The monoisotopic (exact) mass is 314 g/mol. The molecule has 0 bridgehead atoms. The van der Waals surface area contributed by atoms with E-state index in [9.17, 15) is 4.79 Å². The second-order valence-electron chi connectivity index (χ2n) is 4.58. The highest BCUT2D eigenvalue weighted by molar-refractivity contribution is 7.13. The lowest BCUT2D eigenvalue weighted by Gasteiger charge is -2.03. The van der Waals surface area contributed by atoms with Crippen molar-refractivity contribution in [2.45, 2.75) is 0 Å². The molecule has 1 aromatic carbocycles. The minimum absolute atomic E-state index is 0.195. The molecule has 1 amide bonds. The lowest BCUT2D eigenvalue weighted by Crippen LogP contribution is -2.12. The molecule has 0 saturated carbocycles. The van der Waals surface area contributed by atoms with E-state index in [1.807, 2.05) is 17.5 Å². The van der Waals surface area contributed by atoms with Crippen molar-refractivity contribution in [3.63, 3.8) is 0 Å². The Bertz CT molecular complexity index is 826. The van der Waals surface area contributed by atoms with Gasteiger partial charge in [-0.2, -0.15) is 0 Å². The number of nitrogens with zero attached hydrogens (tertiary/aromatic N) is 1. The SMILES string of the molecule is O=C(Nc1ccc2c(c1)OCO2)c1cc(-c2cccs2)on1. The van der Waals surface area contributed by atoms with E-state index in [2.05, 4.69) is 10.5 Å². The molecular formula is C15H10N2O4S. The summed E-state index contributed by atoms with van der Waals surface area (Å²) in [6, 6.07) is 10.6. The smallest absolute Gasteiger partial charge is 0.277 e. The maximum atomic E-state index is 12.2. The molecule has 22 heavy (non-hydrogen) atoms. The van der Waals surface area contributed by atoms with Crippen LogP contribution in [0.4, 0.5) is 5.69 Å². The number of thiophene rings is 1. The number of fused-ring (bicyclic) bond motifs is 1. The molecule has 0 spiro atoms. The molecule has 110 valence electrons. The fraction of sp³-hybridized carbons (Fsp3) is 0.0667. The molecule has 3 aromatic rings. The number of nitrogens with one attached hydrogen (secondary N) is 1. The first-order valence-corrected chi connectivity index (χ1v) is 7.39. The maximum absolute atomic E-state index is 12.2. The largest absolute Gasteiger partial charge is 0.454 e. The highest BCUT2D eigenvalue weighted by Crippen LogP contribution is 2.34. The van der Waals surface area contributed by atoms with Gasteiger partial charge in [0.2, 0.25) is 6.79 Å². The van der Waals surface area contributed by atoms with Crippen molar-refractivity contribution in [2.24, 2.45) is 0 Å². The second-order valence-corrected chi connectivity index (χ2v) is 5.52. The predicted molar refractivity (Wildman–Crippen MR) is 80.3 cm³/mol. The van der Waals surface area contributed by atoms with Crippen LogP contribution in [0.25, 0.3) is 10.6 Å². The molecule has 0 saturated heterocycles. The van der Waals surface area contributed by atoms with Crippen LogP contribution in [0, 0.1) is 0 Å². The minimum Gasteiger partial charge on any atom is -0.454 e. The molecule has 7 heteroatoms. The third-order valence-electron chi connectivity index (χ3n) is 3.14. The number of ether oxygens (including phenoxy) is 2. The number of benzene rings is 1. The predicted octanol–water partition coefficient (Wildman–Crippen LogP) is 3.38. The zero-order valence-corrected chi connectivity index (χ0v) is 12.1. The molecule has 6 nitrogen and oxygen atoms in total. The third kappa shape index (κ3) is 2.31. The lowest BCUT2D eigenvalue weighted by molar-refractivity contribution is 0.101. The Morgan fingerprint density at radius 1 is 1.18 bits per heavy atom. The van der Waals surface area contributed by atoms with Crippen LogP contribution in [-0.4, -0.2) is 17.9 Å². The molecule has 0 radical (unpaired) electrons. The van der Waals surface area contributed by atoms with E-state index in [0.29, 0.717) is 22.9 Å². The molecule has 1 aliphatic rings. The van der Waals surface area contributed by atoms with Crippen LogP contribution < -0.4 is 14.8 Å². The Labute approximate surface area is 129 Å². The first-order chi connectivity index (χ1) is 10.8. The van der Waals surface area contributed by atoms with Crippen LogP contribution in [0.2, 0.25) is 0 Å². The van der Waals surface area contributed by atoms with Crippen LogP contribution >= 0.6 is 11.3 Å². The van der Waals surface area contributed by atoms with Crippen LogP contribution in [-0.2, 0) is 0 Å². The van der Waals surface area contributed by atoms with Gasteiger partial charge in [0.05, 0.1) is 4.88 Å². The fourth-order valence-corrected chi connectivity index (χ4v) is 2.76. The Balaban J connectivity index is 1.53. The number of amides is 1. The van der Waals surface area contributed by atoms with Gasteiger partial charge in [-0.3, -0.25) is 4.79 Å². The average molecular weight is 314 g/mol. The lowest BCUT2D eigenvalue weighted by atomic mass is 10.2. The van der Waals surface area contributed by atoms with Crippen LogP contribution in [0.5, 0.6) is 11.5 Å². The maximum Gasteiger partial charge on any atom is 0.277 e. The van der Waals surface area contributed by atoms with E-state index >= 15 is 0 Å². The van der Waals surface area contributed by atoms with Crippen molar-refractivity contribution in [3.05, 3.63) is 47.5 Å². The van der Waals surface area contributed by atoms with Crippen LogP contribution in [0.3, 0.4) is 0 Å². The van der Waals surface area contributed by atoms with E-state index < -0.39 is 0 Å². The van der Waals surface area contributed by atoms with Crippen molar-refractivity contribution in [2.75, 3.05) is 12.1 Å². The standard InChI is InChI=1S/C15H10N2O4S/c18-15(10-7-13(21-17-10)14-2-1-5-22-14)16-9-3-4-11-12(6-9)20-8-19-11/h1-7H,8H2,(H,16,18). The van der Waals surface area contributed by atoms with Gasteiger partial charge in [-0.1, -0.05) is 11.2 Å². The van der Waals surface area contributed by atoms with Crippen molar-refractivity contribution >= 4 is 22.9 Å². The fourth-order valence-electron chi connectivity index (χ4n) is 2.09. The summed E-state index contributed by atoms with van der Waals surface area (Å²) in [7, 11) is 0. The summed E-state index contributed by atoms with van der Waals surface area (Å²) >= 11 is 1.52. The van der Waals surface area contributed by atoms with E-state index in [1.54, 1.807) is 24.3 Å². The molecule has 1 N–H and O–H groups in total. The van der Waals surface area contributed by atoms with Gasteiger partial charge in [0.25, 0.3) is 5.91 Å². The molecular weight excluding hydrogens is 304 g/mol. The van der Waals surface area contributed by atoms with Gasteiger partial charge >= 0.3 is 0 Å². The molecule has 0 unspecified atom stereocenters. The quantitative estimate of drug-likeness (QED) is 0.802. The van der Waals surface area contributed by atoms with E-state index in [1.165, 1.54) is 11.3 Å². The number of carbonyl (C=O) groups is 1. The summed E-state index contributed by atoms with van der Waals surface area (Å²) < 4.78 is 15.7. The van der Waals surface area contributed by atoms with Gasteiger partial charge in [-0.25, -0.2) is 0 Å². The van der Waals surface area contributed by atoms with E-state index in [0.717, 1.165) is 4.88 Å². The number of aromatic nitrogens is 1. The Morgan fingerprint density at radius 2 is 2.09 bits per heavy atom. The molecule has 4 rings (SSSR count). The van der Waals surface area contributed by atoms with Gasteiger partial charge in [0.15, 0.2) is 23.0 Å². The molecule has 1 aliphatic heterocycles. The second kappa shape index (κ2) is 5.19. The van der Waals surface area contributed by atoms with Crippen LogP contribution in [0.15, 0.2) is 46.3 Å². The summed E-state index contributed by atoms with van der Waals surface area (Å²) in [6.45, 7) is 0.195. The normalized spacial score (nSPS) is 12.4. The van der Waals surface area contributed by atoms with Gasteiger partial charge in [0.1, 0.15) is 0 Å². The summed E-state index contributed by atoms with van der Waals surface area (Å²) in [6.07, 6.45) is 0. The Morgan fingerprint density at radius 3 is 2.95 bits per heavy atom. The van der Waals surface area contributed by atoms with Crippen molar-refractivity contribution < 1.29 is 18.8 Å². The van der Waals surface area contributed by atoms with Crippen molar-refractivity contribution in [1.29, 1.82) is 0 Å². The van der Waals surface area contributed by atoms with Crippen LogP contribution in [0.1, 0.15) is 10.5 Å². The number of hydrogen-bond acceptors (Lipinski definition) is 6. The molecule has 2 aromatic heterocycles. The van der Waals surface area contributed by atoms with Gasteiger partial charge < -0.3 is 19.3 Å². The van der Waals surface area contributed by atoms with E-state index in [-0.39, 0.29) is 18.4 Å². The zero-order chi connectivity index (χ0) is 14.9. The summed E-state index contributed by atoms with van der Waals surface area (Å²) in [5.74, 6) is 1.51. The molecule has 3 heterocycles. The number of hydrogen-bond donors (Lipinski definition) is 1. The third-order valence-corrected chi connectivity index (χ3v) is 4.02. The summed E-state index contributed by atoms with van der Waals surface area (Å²) in [4.78, 5) is 13.1. The van der Waals surface area contributed by atoms with Gasteiger partial charge in [0, 0.05) is 17.8 Å². The topological polar surface area (TPSA) is 73.6 Å². The highest BCUT2D eigenvalue weighted by Gasteiger charge is 2.17. The van der Waals surface area contributed by atoms with Gasteiger partial charge in [-0.15, -0.1) is 11.3 Å². The van der Waals surface area contributed by atoms with Crippen molar-refractivity contribution in [3.8, 4) is 22.1 Å². The summed E-state index contributed by atoms with van der Waals surface area (Å²) in [5.41, 5.74) is 0.830. The Hall–Kier alpha value is -2.80. The highest BCUT2D eigenvalue weighted by atomic mass is 32.1. The number of anilines is 1.